The lowest BCUT2D eigenvalue weighted by molar-refractivity contribution is 0.0929. The van der Waals surface area contributed by atoms with Crippen molar-refractivity contribution in [2.45, 2.75) is 45.1 Å². The van der Waals surface area contributed by atoms with E-state index in [1.807, 2.05) is 18.2 Å². The third-order valence-electron chi connectivity index (χ3n) is 8.56. The van der Waals surface area contributed by atoms with Crippen molar-refractivity contribution in [3.05, 3.63) is 51.9 Å². The molecule has 2 saturated heterocycles. The first kappa shape index (κ1) is 28.9. The number of amides is 1. The van der Waals surface area contributed by atoms with E-state index in [1.54, 1.807) is 11.2 Å². The van der Waals surface area contributed by atoms with Crippen molar-refractivity contribution in [1.82, 2.24) is 30.1 Å². The fraction of sp³-hybridized carbons (Fsp3) is 0.600. The van der Waals surface area contributed by atoms with Crippen molar-refractivity contribution >= 4 is 27.7 Å². The Morgan fingerprint density at radius 1 is 1.05 bits per heavy atom. The lowest BCUT2D eigenvalue weighted by Gasteiger charge is -2.38. The van der Waals surface area contributed by atoms with Gasteiger partial charge in [-0.3, -0.25) is 20.1 Å². The van der Waals surface area contributed by atoms with Gasteiger partial charge in [-0.15, -0.1) is 0 Å². The fourth-order valence-electron chi connectivity index (χ4n) is 6.36. The van der Waals surface area contributed by atoms with Gasteiger partial charge in [0.25, 0.3) is 5.91 Å². The number of nitrogens with one attached hydrogen (secondary N) is 1. The number of nitriles is 1. The number of piperazine rings is 1. The van der Waals surface area contributed by atoms with Crippen LogP contribution < -0.4 is 10.4 Å². The van der Waals surface area contributed by atoms with E-state index < -0.39 is 0 Å². The van der Waals surface area contributed by atoms with Crippen molar-refractivity contribution < 1.29 is 4.79 Å². The van der Waals surface area contributed by atoms with E-state index in [0.717, 1.165) is 51.5 Å². The van der Waals surface area contributed by atoms with E-state index in [4.69, 9.17) is 0 Å². The summed E-state index contributed by atoms with van der Waals surface area (Å²) >= 11 is 3.51. The Morgan fingerprint density at radius 2 is 1.75 bits per heavy atom. The van der Waals surface area contributed by atoms with Crippen LogP contribution in [-0.2, 0) is 6.54 Å². The number of nitrogens with zero attached hydrogens (tertiary/aromatic N) is 7. The summed E-state index contributed by atoms with van der Waals surface area (Å²) in [6, 6.07) is 9.94. The number of hydrogen-bond acceptors (Lipinski definition) is 8. The van der Waals surface area contributed by atoms with Crippen LogP contribution in [0.4, 0.5) is 5.82 Å². The first-order valence-electron chi connectivity index (χ1n) is 14.7. The number of aromatic nitrogens is 2. The first-order valence-corrected chi connectivity index (χ1v) is 15.5. The van der Waals surface area contributed by atoms with Crippen LogP contribution in [-0.4, -0.2) is 90.0 Å². The Bertz CT molecular complexity index is 1170. The van der Waals surface area contributed by atoms with E-state index in [1.165, 1.54) is 50.9 Å². The van der Waals surface area contributed by atoms with Crippen molar-refractivity contribution in [3.63, 3.8) is 0 Å². The maximum Gasteiger partial charge on any atom is 0.269 e. The Hall–Kier alpha value is -2.58. The van der Waals surface area contributed by atoms with Gasteiger partial charge < -0.3 is 9.80 Å². The molecular formula is C30H41BrN8O. The summed E-state index contributed by atoms with van der Waals surface area (Å²) in [7, 11) is 2.24. The maximum absolute atomic E-state index is 13.3. The standard InChI is InChI=1S/C30H41BrN8O/c1-36-12-4-7-25(19-36)21-38-15-13-37(14-16-38)20-24-8-10-26(11-9-24)30(40)35-39(22-23-5-2-3-6-23)29-27(31)18-33-28(17-32)34-29/h8-11,18,23,25H,2-7,12-16,19-22H2,1H3,(H,35,40). The smallest absolute Gasteiger partial charge is 0.269 e. The number of rotatable bonds is 9. The van der Waals surface area contributed by atoms with Gasteiger partial charge in [0.05, 0.1) is 4.47 Å². The van der Waals surface area contributed by atoms with Gasteiger partial charge in [-0.2, -0.15) is 10.2 Å². The number of carbonyl (C=O) groups excluding carboxylic acids is 1. The SMILES string of the molecule is CN1CCCC(CN2CCN(Cc3ccc(C(=O)NN(CC4CCCC4)c4nc(C#N)ncc4Br)cc3)CC2)C1. The van der Waals surface area contributed by atoms with Crippen LogP contribution in [0, 0.1) is 23.2 Å². The van der Waals surface area contributed by atoms with Crippen molar-refractivity contribution in [2.75, 3.05) is 64.4 Å². The molecule has 1 aliphatic carbocycles. The van der Waals surface area contributed by atoms with Crippen LogP contribution >= 0.6 is 15.9 Å². The van der Waals surface area contributed by atoms with Gasteiger partial charge in [-0.25, -0.2) is 4.98 Å². The van der Waals surface area contributed by atoms with Crippen LogP contribution in [0.15, 0.2) is 34.9 Å². The Kier molecular flexibility index (Phi) is 10.0. The molecule has 40 heavy (non-hydrogen) atoms. The number of hydrazine groups is 1. The molecule has 9 nitrogen and oxygen atoms in total. The van der Waals surface area contributed by atoms with Gasteiger partial charge in [0.2, 0.25) is 5.82 Å². The largest absolute Gasteiger partial charge is 0.306 e. The van der Waals surface area contributed by atoms with E-state index in [2.05, 4.69) is 65.2 Å². The highest BCUT2D eigenvalue weighted by atomic mass is 79.9. The highest BCUT2D eigenvalue weighted by molar-refractivity contribution is 9.10. The van der Waals surface area contributed by atoms with E-state index in [9.17, 15) is 10.1 Å². The second-order valence-corrected chi connectivity index (χ2v) is 12.6. The van der Waals surface area contributed by atoms with Gasteiger partial charge in [0.15, 0.2) is 5.82 Å². The predicted octanol–water partition coefficient (Wildman–Crippen LogP) is 3.91. The molecule has 0 spiro atoms. The van der Waals surface area contributed by atoms with E-state index >= 15 is 0 Å². The van der Waals surface area contributed by atoms with E-state index in [-0.39, 0.29) is 11.7 Å². The number of piperidine rings is 1. The fourth-order valence-corrected chi connectivity index (χ4v) is 6.77. The van der Waals surface area contributed by atoms with Crippen molar-refractivity contribution in [2.24, 2.45) is 11.8 Å². The highest BCUT2D eigenvalue weighted by Crippen LogP contribution is 2.29. The minimum atomic E-state index is -0.185. The number of halogens is 1. The number of hydrogen-bond donors (Lipinski definition) is 1. The molecule has 3 aliphatic rings. The van der Waals surface area contributed by atoms with Gasteiger partial charge in [0.1, 0.15) is 6.07 Å². The summed E-state index contributed by atoms with van der Waals surface area (Å²) in [4.78, 5) is 29.3. The lowest BCUT2D eigenvalue weighted by Crippen LogP contribution is -2.48. The second kappa shape index (κ2) is 13.9. The monoisotopic (exact) mass is 608 g/mol. The second-order valence-electron chi connectivity index (χ2n) is 11.7. The molecule has 214 valence electrons. The molecule has 1 amide bonds. The molecule has 2 aliphatic heterocycles. The molecule has 1 unspecified atom stereocenters. The zero-order valence-electron chi connectivity index (χ0n) is 23.6. The first-order chi connectivity index (χ1) is 19.5. The summed E-state index contributed by atoms with van der Waals surface area (Å²) in [5.74, 6) is 1.69. The predicted molar refractivity (Wildman–Crippen MR) is 160 cm³/mol. The topological polar surface area (TPSA) is 91.6 Å². The summed E-state index contributed by atoms with van der Waals surface area (Å²) in [5.41, 5.74) is 4.88. The molecule has 0 bridgehead atoms. The molecule has 3 heterocycles. The lowest BCUT2D eigenvalue weighted by atomic mass is 9.97. The maximum atomic E-state index is 13.3. The van der Waals surface area contributed by atoms with Gasteiger partial charge >= 0.3 is 0 Å². The van der Waals surface area contributed by atoms with Gasteiger partial charge in [-0.1, -0.05) is 25.0 Å². The van der Waals surface area contributed by atoms with Crippen LogP contribution in [0.25, 0.3) is 0 Å². The van der Waals surface area contributed by atoms with Crippen LogP contribution in [0.2, 0.25) is 0 Å². The third kappa shape index (κ3) is 7.78. The molecule has 5 rings (SSSR count). The van der Waals surface area contributed by atoms with Crippen molar-refractivity contribution in [1.29, 1.82) is 5.26 Å². The molecule has 0 radical (unpaired) electrons. The Morgan fingerprint density at radius 3 is 2.45 bits per heavy atom. The average molecular weight is 610 g/mol. The summed E-state index contributed by atoms with van der Waals surface area (Å²) in [6.07, 6.45) is 8.92. The van der Waals surface area contributed by atoms with Crippen LogP contribution in [0.5, 0.6) is 0 Å². The average Bonchev–Trinajstić information content (AvgIpc) is 3.48. The molecule has 3 fully saturated rings. The third-order valence-corrected chi connectivity index (χ3v) is 9.12. The quantitative estimate of drug-likeness (QED) is 0.428. The minimum absolute atomic E-state index is 0.0793. The molecule has 1 saturated carbocycles. The molecule has 1 aromatic heterocycles. The summed E-state index contributed by atoms with van der Waals surface area (Å²) in [5, 5.41) is 11.1. The van der Waals surface area contributed by atoms with Gasteiger partial charge in [-0.05, 0) is 84.7 Å². The minimum Gasteiger partial charge on any atom is -0.306 e. The molecule has 1 N–H and O–H groups in total. The van der Waals surface area contributed by atoms with Crippen molar-refractivity contribution in [3.8, 4) is 6.07 Å². The molecule has 10 heteroatoms. The number of anilines is 1. The molecule has 1 atom stereocenters. The highest BCUT2D eigenvalue weighted by Gasteiger charge is 2.25. The zero-order valence-corrected chi connectivity index (χ0v) is 25.2. The summed E-state index contributed by atoms with van der Waals surface area (Å²) in [6.45, 7) is 9.67. The van der Waals surface area contributed by atoms with Gasteiger partial charge in [0, 0.05) is 64.1 Å². The van der Waals surface area contributed by atoms with Crippen LogP contribution in [0.3, 0.4) is 0 Å². The van der Waals surface area contributed by atoms with Crippen LogP contribution in [0.1, 0.15) is 60.3 Å². The number of benzene rings is 1. The molecule has 2 aromatic rings. The summed E-state index contributed by atoms with van der Waals surface area (Å²) < 4.78 is 0.645. The molecular weight excluding hydrogens is 568 g/mol. The number of carbonyl (C=O) groups is 1. The normalized spacial score (nSPS) is 21.3. The van der Waals surface area contributed by atoms with E-state index in [0.29, 0.717) is 28.3 Å². The number of likely N-dealkylation sites (tertiary alicyclic amines) is 1. The zero-order chi connectivity index (χ0) is 27.9. The Balaban J connectivity index is 1.15. The Labute approximate surface area is 246 Å². The molecule has 1 aromatic carbocycles.